The number of alkyl halides is 6. The summed E-state index contributed by atoms with van der Waals surface area (Å²) in [4.78, 5) is 37.9. The number of fused-ring (bicyclic) bond motifs is 3. The number of hydrogen-bond acceptors (Lipinski definition) is 3. The number of carboxylic acid groups (broad SMARTS) is 1. The van der Waals surface area contributed by atoms with E-state index < -0.39 is 73.7 Å². The molecular weight excluding hydrogens is 494 g/mol. The van der Waals surface area contributed by atoms with E-state index in [1.165, 1.54) is 6.07 Å². The smallest absolute Gasteiger partial charge is 0.389 e. The first-order valence-corrected chi connectivity index (χ1v) is 10.9. The summed E-state index contributed by atoms with van der Waals surface area (Å²) >= 11 is 0. The maximum Gasteiger partial charge on any atom is 0.389 e. The Balaban J connectivity index is 1.95. The van der Waals surface area contributed by atoms with Crippen LogP contribution in [0.4, 0.5) is 32.0 Å². The topological polar surface area (TPSA) is 95.5 Å². The molecule has 194 valence electrons. The summed E-state index contributed by atoms with van der Waals surface area (Å²) in [6.07, 6.45) is -14.9. The van der Waals surface area contributed by atoms with Crippen molar-refractivity contribution in [1.82, 2.24) is 5.32 Å². The molecule has 0 aliphatic carbocycles. The van der Waals surface area contributed by atoms with E-state index >= 15 is 0 Å². The summed E-state index contributed by atoms with van der Waals surface area (Å²) in [6, 6.07) is 11.7. The minimum absolute atomic E-state index is 0.296. The molecule has 3 rings (SSSR count). The number of carboxylic acids is 1. The summed E-state index contributed by atoms with van der Waals surface area (Å²) < 4.78 is 77.0. The van der Waals surface area contributed by atoms with Gasteiger partial charge in [0, 0.05) is 24.1 Å². The van der Waals surface area contributed by atoms with Crippen molar-refractivity contribution in [3.05, 3.63) is 54.1 Å². The Morgan fingerprint density at radius 2 is 1.39 bits per heavy atom. The number of carbonyl (C=O) groups excluding carboxylic acids is 2. The predicted molar refractivity (Wildman–Crippen MR) is 117 cm³/mol. The minimum Gasteiger partial charge on any atom is -0.481 e. The van der Waals surface area contributed by atoms with E-state index in [0.29, 0.717) is 22.4 Å². The van der Waals surface area contributed by atoms with Crippen LogP contribution in [0.15, 0.2) is 48.5 Å². The van der Waals surface area contributed by atoms with Crippen LogP contribution in [0.1, 0.15) is 37.3 Å². The maximum atomic E-state index is 13.1. The van der Waals surface area contributed by atoms with Gasteiger partial charge in [0.15, 0.2) is 0 Å². The molecule has 0 spiro atoms. The molecule has 0 aromatic heterocycles. The first-order valence-electron chi connectivity index (χ1n) is 10.9. The highest BCUT2D eigenvalue weighted by Crippen LogP contribution is 2.38. The lowest BCUT2D eigenvalue weighted by atomic mass is 9.83. The Hall–Kier alpha value is -3.57. The van der Waals surface area contributed by atoms with Gasteiger partial charge in [-0.1, -0.05) is 42.5 Å². The second-order valence-corrected chi connectivity index (χ2v) is 8.42. The molecule has 2 aromatic rings. The van der Waals surface area contributed by atoms with Gasteiger partial charge in [-0.3, -0.25) is 14.4 Å². The number of aliphatic carboxylic acids is 1. The van der Waals surface area contributed by atoms with Gasteiger partial charge in [0.05, 0.1) is 11.8 Å². The molecule has 1 heterocycles. The second-order valence-electron chi connectivity index (χ2n) is 8.42. The van der Waals surface area contributed by atoms with Crippen molar-refractivity contribution in [2.75, 3.05) is 5.32 Å². The van der Waals surface area contributed by atoms with E-state index in [0.717, 1.165) is 0 Å². The molecule has 2 aromatic carbocycles. The van der Waals surface area contributed by atoms with Gasteiger partial charge in [-0.15, -0.1) is 0 Å². The first kappa shape index (κ1) is 27.0. The van der Waals surface area contributed by atoms with Gasteiger partial charge in [-0.25, -0.2) is 0 Å². The van der Waals surface area contributed by atoms with Gasteiger partial charge in [-0.05, 0) is 30.0 Å². The lowest BCUT2D eigenvalue weighted by molar-refractivity contribution is -0.159. The molecule has 1 aliphatic heterocycles. The zero-order valence-electron chi connectivity index (χ0n) is 18.6. The van der Waals surface area contributed by atoms with Crippen LogP contribution in [-0.2, 0) is 14.4 Å². The Bertz CT molecular complexity index is 1130. The Morgan fingerprint density at radius 1 is 0.861 bits per heavy atom. The Kier molecular flexibility index (Phi) is 7.95. The quantitative estimate of drug-likeness (QED) is 0.406. The third-order valence-corrected chi connectivity index (χ3v) is 5.91. The van der Waals surface area contributed by atoms with Crippen molar-refractivity contribution in [2.24, 2.45) is 11.8 Å². The molecule has 36 heavy (non-hydrogen) atoms. The molecule has 0 fully saturated rings. The van der Waals surface area contributed by atoms with Crippen LogP contribution in [0, 0.1) is 11.8 Å². The third kappa shape index (κ3) is 6.76. The molecule has 2 amide bonds. The summed E-state index contributed by atoms with van der Waals surface area (Å²) in [5.74, 6) is -7.83. The number of halogens is 6. The minimum atomic E-state index is -4.78. The van der Waals surface area contributed by atoms with Crippen LogP contribution in [0.3, 0.4) is 0 Å². The van der Waals surface area contributed by atoms with Crippen molar-refractivity contribution in [3.8, 4) is 11.1 Å². The van der Waals surface area contributed by atoms with Crippen LogP contribution >= 0.6 is 0 Å². The monoisotopic (exact) mass is 516 g/mol. The molecule has 3 unspecified atom stereocenters. The molecule has 0 saturated heterocycles. The van der Waals surface area contributed by atoms with Crippen LogP contribution in [0.25, 0.3) is 11.1 Å². The fraction of sp³-hybridized carbons (Fsp3) is 0.375. The van der Waals surface area contributed by atoms with E-state index in [-0.39, 0.29) is 0 Å². The first-order chi connectivity index (χ1) is 16.8. The molecule has 0 radical (unpaired) electrons. The van der Waals surface area contributed by atoms with Gasteiger partial charge < -0.3 is 15.7 Å². The molecule has 3 N–H and O–H groups in total. The summed E-state index contributed by atoms with van der Waals surface area (Å²) in [6.45, 7) is 0. The molecule has 0 saturated carbocycles. The van der Waals surface area contributed by atoms with E-state index in [1.54, 1.807) is 42.5 Å². The zero-order valence-corrected chi connectivity index (χ0v) is 18.6. The summed E-state index contributed by atoms with van der Waals surface area (Å²) in [5.41, 5.74) is 1.86. The number of anilines is 1. The van der Waals surface area contributed by atoms with Gasteiger partial charge in [0.2, 0.25) is 5.91 Å². The summed E-state index contributed by atoms with van der Waals surface area (Å²) in [7, 11) is 0. The molecule has 0 bridgehead atoms. The van der Waals surface area contributed by atoms with E-state index in [9.17, 15) is 45.8 Å². The standard InChI is InChI=1S/C24H22F6N2O4/c25-23(26,27)11-9-16(17(22(35)36)10-12-24(28,29)30)20(33)32-19-15-7-2-1-5-13(15)14-6-3-4-8-18(14)31-21(19)34/h1-8,16-17,19H,9-12H2,(H,31,34)(H,32,33)(H,35,36). The van der Waals surface area contributed by atoms with E-state index in [2.05, 4.69) is 10.6 Å². The molecule has 6 nitrogen and oxygen atoms in total. The SMILES string of the molecule is O=C1Nc2ccccc2-c2ccccc2C1NC(=O)C(CCC(F)(F)F)C(CCC(F)(F)F)C(=O)O. The highest BCUT2D eigenvalue weighted by Gasteiger charge is 2.41. The fourth-order valence-electron chi connectivity index (χ4n) is 4.21. The van der Waals surface area contributed by atoms with Crippen LogP contribution in [0.5, 0.6) is 0 Å². The normalized spacial score (nSPS) is 17.2. The molecule has 3 atom stereocenters. The van der Waals surface area contributed by atoms with Crippen LogP contribution in [0.2, 0.25) is 0 Å². The maximum absolute atomic E-state index is 13.1. The molecule has 1 aliphatic rings. The van der Waals surface area contributed by atoms with Gasteiger partial charge in [0.1, 0.15) is 6.04 Å². The van der Waals surface area contributed by atoms with Crippen molar-refractivity contribution in [3.63, 3.8) is 0 Å². The van der Waals surface area contributed by atoms with Crippen molar-refractivity contribution >= 4 is 23.5 Å². The lowest BCUT2D eigenvalue weighted by Crippen LogP contribution is -2.43. The number of nitrogens with one attached hydrogen (secondary N) is 2. The molecular formula is C24H22F6N2O4. The van der Waals surface area contributed by atoms with Gasteiger partial charge >= 0.3 is 18.3 Å². The lowest BCUT2D eigenvalue weighted by Gasteiger charge is -2.27. The number of rotatable bonds is 8. The van der Waals surface area contributed by atoms with E-state index in [4.69, 9.17) is 0 Å². The Labute approximate surface area is 201 Å². The molecule has 12 heteroatoms. The number of carbonyl (C=O) groups is 3. The van der Waals surface area contributed by atoms with Crippen LogP contribution in [-0.4, -0.2) is 35.2 Å². The number of benzene rings is 2. The van der Waals surface area contributed by atoms with E-state index in [1.807, 2.05) is 0 Å². The number of amides is 2. The van der Waals surface area contributed by atoms with Crippen molar-refractivity contribution in [2.45, 2.75) is 44.1 Å². The summed E-state index contributed by atoms with van der Waals surface area (Å²) in [5, 5.41) is 14.4. The average molecular weight is 516 g/mol. The second kappa shape index (κ2) is 10.6. The predicted octanol–water partition coefficient (Wildman–Crippen LogP) is 5.47. The highest BCUT2D eigenvalue weighted by atomic mass is 19.4. The fourth-order valence-corrected chi connectivity index (χ4v) is 4.21. The third-order valence-electron chi connectivity index (χ3n) is 5.91. The Morgan fingerprint density at radius 3 is 1.97 bits per heavy atom. The number of para-hydroxylation sites is 1. The van der Waals surface area contributed by atoms with Crippen molar-refractivity contribution < 1.29 is 45.8 Å². The largest absolute Gasteiger partial charge is 0.481 e. The van der Waals surface area contributed by atoms with Gasteiger partial charge in [-0.2, -0.15) is 26.3 Å². The average Bonchev–Trinajstić information content (AvgIpc) is 2.89. The van der Waals surface area contributed by atoms with Gasteiger partial charge in [0.25, 0.3) is 5.91 Å². The number of hydrogen-bond donors (Lipinski definition) is 3. The highest BCUT2D eigenvalue weighted by molar-refractivity contribution is 6.04. The van der Waals surface area contributed by atoms with Crippen LogP contribution < -0.4 is 10.6 Å². The van der Waals surface area contributed by atoms with Crippen molar-refractivity contribution in [1.29, 1.82) is 0 Å². The zero-order chi connectivity index (χ0) is 26.7.